The van der Waals surface area contributed by atoms with E-state index < -0.39 is 6.04 Å². The van der Waals surface area contributed by atoms with Crippen molar-refractivity contribution in [3.05, 3.63) is 65.7 Å². The number of ether oxygens (including phenoxy) is 1. The molecule has 2 aromatic rings. The largest absolute Gasteiger partial charge is 0.497 e. The van der Waals surface area contributed by atoms with Gasteiger partial charge in [-0.25, -0.2) is 0 Å². The first-order chi connectivity index (χ1) is 15.2. The van der Waals surface area contributed by atoms with Gasteiger partial charge >= 0.3 is 0 Å². The first-order valence-electron chi connectivity index (χ1n) is 11.1. The number of carbonyl (C=O) groups excluding carboxylic acids is 2. The molecule has 4 rings (SSSR count). The highest BCUT2D eigenvalue weighted by molar-refractivity contribution is 5.89. The molecule has 0 aromatic heterocycles. The molecule has 2 amide bonds. The van der Waals surface area contributed by atoms with Gasteiger partial charge in [0.25, 0.3) is 0 Å². The predicted octanol–water partition coefficient (Wildman–Crippen LogP) is 3.09. The smallest absolute Gasteiger partial charge is 0.250 e. The lowest BCUT2D eigenvalue weighted by Gasteiger charge is -2.40. The summed E-state index contributed by atoms with van der Waals surface area (Å²) < 4.78 is 5.23. The van der Waals surface area contributed by atoms with Crippen molar-refractivity contribution < 1.29 is 14.3 Å². The van der Waals surface area contributed by atoms with Gasteiger partial charge < -0.3 is 14.5 Å². The van der Waals surface area contributed by atoms with Crippen molar-refractivity contribution in [2.75, 3.05) is 39.8 Å². The van der Waals surface area contributed by atoms with Gasteiger partial charge in [0.1, 0.15) is 11.8 Å². The maximum Gasteiger partial charge on any atom is 0.250 e. The Morgan fingerprint density at radius 1 is 0.935 bits per heavy atom. The summed E-state index contributed by atoms with van der Waals surface area (Å²) in [6.07, 6.45) is 2.40. The summed E-state index contributed by atoms with van der Waals surface area (Å²) in [5, 5.41) is 0. The minimum absolute atomic E-state index is 0.0468. The molecule has 0 N–H and O–H groups in total. The van der Waals surface area contributed by atoms with E-state index in [1.165, 1.54) is 5.56 Å². The molecule has 0 aliphatic carbocycles. The van der Waals surface area contributed by atoms with Crippen LogP contribution < -0.4 is 4.74 Å². The fourth-order valence-electron chi connectivity index (χ4n) is 4.48. The molecule has 2 aromatic carbocycles. The van der Waals surface area contributed by atoms with Gasteiger partial charge in [-0.2, -0.15) is 0 Å². The molecular weight excluding hydrogens is 390 g/mol. The highest BCUT2D eigenvalue weighted by Crippen LogP contribution is 2.28. The summed E-state index contributed by atoms with van der Waals surface area (Å²) in [4.78, 5) is 32.3. The van der Waals surface area contributed by atoms with Gasteiger partial charge in [-0.1, -0.05) is 42.5 Å². The van der Waals surface area contributed by atoms with E-state index in [9.17, 15) is 9.59 Å². The topological polar surface area (TPSA) is 53.1 Å². The third-order valence-electron chi connectivity index (χ3n) is 6.27. The first-order valence-corrected chi connectivity index (χ1v) is 11.1. The summed E-state index contributed by atoms with van der Waals surface area (Å²) in [6, 6.07) is 17.4. The van der Waals surface area contributed by atoms with Crippen LogP contribution >= 0.6 is 0 Å². The number of nitrogens with zero attached hydrogens (tertiary/aromatic N) is 3. The van der Waals surface area contributed by atoms with Crippen molar-refractivity contribution in [3.8, 4) is 5.75 Å². The van der Waals surface area contributed by atoms with Crippen molar-refractivity contribution in [2.45, 2.75) is 31.8 Å². The van der Waals surface area contributed by atoms with Gasteiger partial charge in [-0.3, -0.25) is 14.5 Å². The van der Waals surface area contributed by atoms with E-state index in [0.29, 0.717) is 26.1 Å². The average Bonchev–Trinajstić information content (AvgIpc) is 2.82. The van der Waals surface area contributed by atoms with Crippen molar-refractivity contribution in [1.82, 2.24) is 14.7 Å². The zero-order chi connectivity index (χ0) is 21.6. The Morgan fingerprint density at radius 2 is 1.65 bits per heavy atom. The molecule has 0 bridgehead atoms. The number of piperidine rings is 1. The first kappa shape index (κ1) is 21.4. The summed E-state index contributed by atoms with van der Waals surface area (Å²) in [5.74, 6) is 0.996. The molecule has 6 nitrogen and oxygen atoms in total. The van der Waals surface area contributed by atoms with Gasteiger partial charge in [0.05, 0.1) is 7.11 Å². The third kappa shape index (κ3) is 5.07. The lowest BCUT2D eigenvalue weighted by atomic mass is 9.99. The SMILES string of the molecule is COc1ccc(CN2CCN(C(=O)C(c3ccccc3)N3CCCCC3=O)CC2)cc1. The maximum absolute atomic E-state index is 13.6. The quantitative estimate of drug-likeness (QED) is 0.719. The molecule has 31 heavy (non-hydrogen) atoms. The molecule has 6 heteroatoms. The van der Waals surface area contributed by atoms with E-state index in [1.807, 2.05) is 47.4 Å². The highest BCUT2D eigenvalue weighted by Gasteiger charge is 2.36. The van der Waals surface area contributed by atoms with Crippen LogP contribution in [0.5, 0.6) is 5.75 Å². The summed E-state index contributed by atoms with van der Waals surface area (Å²) in [6.45, 7) is 4.53. The second-order valence-electron chi connectivity index (χ2n) is 8.31. The molecule has 2 heterocycles. The lowest BCUT2D eigenvalue weighted by molar-refractivity contribution is -0.148. The van der Waals surface area contributed by atoms with Gasteiger partial charge in [0.2, 0.25) is 11.8 Å². The number of rotatable bonds is 6. The minimum Gasteiger partial charge on any atom is -0.497 e. The number of hydrogen-bond donors (Lipinski definition) is 0. The zero-order valence-electron chi connectivity index (χ0n) is 18.2. The van der Waals surface area contributed by atoms with Crippen LogP contribution in [0, 0.1) is 0 Å². The molecule has 1 atom stereocenters. The molecule has 2 fully saturated rings. The van der Waals surface area contributed by atoms with Crippen LogP contribution in [0.15, 0.2) is 54.6 Å². The van der Waals surface area contributed by atoms with Crippen LogP contribution in [-0.4, -0.2) is 66.3 Å². The fourth-order valence-corrected chi connectivity index (χ4v) is 4.48. The van der Waals surface area contributed by atoms with E-state index >= 15 is 0 Å². The Hall–Kier alpha value is -2.86. The molecule has 0 saturated carbocycles. The lowest BCUT2D eigenvalue weighted by Crippen LogP contribution is -2.53. The second-order valence-corrected chi connectivity index (χ2v) is 8.31. The number of amides is 2. The monoisotopic (exact) mass is 421 g/mol. The van der Waals surface area contributed by atoms with Crippen LogP contribution in [0.2, 0.25) is 0 Å². The van der Waals surface area contributed by atoms with Crippen molar-refractivity contribution in [3.63, 3.8) is 0 Å². The van der Waals surface area contributed by atoms with E-state index in [0.717, 1.165) is 43.8 Å². The van der Waals surface area contributed by atoms with Crippen molar-refractivity contribution in [2.24, 2.45) is 0 Å². The maximum atomic E-state index is 13.6. The van der Waals surface area contributed by atoms with E-state index in [4.69, 9.17) is 4.74 Å². The summed E-state index contributed by atoms with van der Waals surface area (Å²) in [5.41, 5.74) is 2.14. The molecule has 0 spiro atoms. The van der Waals surface area contributed by atoms with Crippen LogP contribution in [0.25, 0.3) is 0 Å². The van der Waals surface area contributed by atoms with E-state index in [-0.39, 0.29) is 11.8 Å². The Labute approximate surface area is 184 Å². The number of benzene rings is 2. The summed E-state index contributed by atoms with van der Waals surface area (Å²) >= 11 is 0. The number of methoxy groups -OCH3 is 1. The molecule has 2 aliphatic rings. The standard InChI is InChI=1S/C25H31N3O3/c1-31-22-12-10-20(11-13-22)19-26-15-17-27(18-16-26)25(30)24(21-7-3-2-4-8-21)28-14-6-5-9-23(28)29/h2-4,7-8,10-13,24H,5-6,9,14-19H2,1H3. The third-order valence-corrected chi connectivity index (χ3v) is 6.27. The van der Waals surface area contributed by atoms with Gasteiger partial charge in [0, 0.05) is 45.7 Å². The summed E-state index contributed by atoms with van der Waals surface area (Å²) in [7, 11) is 1.67. The van der Waals surface area contributed by atoms with E-state index in [1.54, 1.807) is 12.0 Å². The molecule has 164 valence electrons. The number of likely N-dealkylation sites (tertiary alicyclic amines) is 1. The van der Waals surface area contributed by atoms with Gasteiger partial charge in [-0.05, 0) is 36.1 Å². The van der Waals surface area contributed by atoms with Crippen molar-refractivity contribution in [1.29, 1.82) is 0 Å². The molecule has 1 unspecified atom stereocenters. The van der Waals surface area contributed by atoms with Crippen LogP contribution in [0.3, 0.4) is 0 Å². The normalized spacial score (nSPS) is 18.7. The number of hydrogen-bond acceptors (Lipinski definition) is 4. The van der Waals surface area contributed by atoms with Crippen LogP contribution in [0.4, 0.5) is 0 Å². The highest BCUT2D eigenvalue weighted by atomic mass is 16.5. The Morgan fingerprint density at radius 3 is 2.29 bits per heavy atom. The van der Waals surface area contributed by atoms with E-state index in [2.05, 4.69) is 17.0 Å². The Balaban J connectivity index is 1.41. The average molecular weight is 422 g/mol. The fraction of sp³-hybridized carbons (Fsp3) is 0.440. The molecular formula is C25H31N3O3. The van der Waals surface area contributed by atoms with Crippen molar-refractivity contribution >= 4 is 11.8 Å². The molecule has 2 aliphatic heterocycles. The number of piperazine rings is 1. The van der Waals surface area contributed by atoms with Crippen LogP contribution in [0.1, 0.15) is 36.4 Å². The van der Waals surface area contributed by atoms with Gasteiger partial charge in [0.15, 0.2) is 0 Å². The minimum atomic E-state index is -0.512. The molecule has 2 saturated heterocycles. The Bertz CT molecular complexity index is 877. The number of carbonyl (C=O) groups is 2. The second kappa shape index (κ2) is 9.96. The predicted molar refractivity (Wildman–Crippen MR) is 120 cm³/mol. The van der Waals surface area contributed by atoms with Crippen LogP contribution in [-0.2, 0) is 16.1 Å². The molecule has 0 radical (unpaired) electrons. The Kier molecular flexibility index (Phi) is 6.87. The van der Waals surface area contributed by atoms with Gasteiger partial charge in [-0.15, -0.1) is 0 Å². The zero-order valence-corrected chi connectivity index (χ0v) is 18.2.